The van der Waals surface area contributed by atoms with Crippen molar-refractivity contribution in [3.8, 4) is 11.3 Å². The second-order valence-electron chi connectivity index (χ2n) is 8.07. The molecule has 0 amide bonds. The number of hydrogen-bond donors (Lipinski definition) is 2. The van der Waals surface area contributed by atoms with Crippen LogP contribution >= 0.6 is 35.0 Å². The molecule has 0 aliphatic carbocycles. The summed E-state index contributed by atoms with van der Waals surface area (Å²) in [4.78, 5) is 0.683. The third kappa shape index (κ3) is 6.23. The zero-order chi connectivity index (χ0) is 26.7. The number of aromatic nitrogens is 3. The molecule has 1 aromatic heterocycles. The van der Waals surface area contributed by atoms with E-state index in [2.05, 4.69) is 10.3 Å². The van der Waals surface area contributed by atoms with Gasteiger partial charge in [-0.05, 0) is 30.3 Å². The van der Waals surface area contributed by atoms with Gasteiger partial charge in [0.1, 0.15) is 35.5 Å². The van der Waals surface area contributed by atoms with Crippen molar-refractivity contribution in [1.29, 1.82) is 0 Å². The lowest BCUT2D eigenvalue weighted by Crippen LogP contribution is -2.56. The monoisotopic (exact) mass is 579 g/mol. The number of thioether (sulfide) groups is 1. The van der Waals surface area contributed by atoms with Crippen molar-refractivity contribution < 1.29 is 37.6 Å². The van der Waals surface area contributed by atoms with Crippen molar-refractivity contribution in [2.75, 3.05) is 26.9 Å². The van der Waals surface area contributed by atoms with Crippen LogP contribution in [0.5, 0.6) is 0 Å². The maximum absolute atomic E-state index is 13.8. The molecule has 0 spiro atoms. The molecule has 37 heavy (non-hydrogen) atoms. The zero-order valence-electron chi connectivity index (χ0n) is 19.2. The smallest absolute Gasteiger partial charge is 0.194 e. The van der Waals surface area contributed by atoms with Gasteiger partial charge in [-0.25, -0.2) is 17.9 Å². The summed E-state index contributed by atoms with van der Waals surface area (Å²) in [7, 11) is 1.50. The molecule has 2 heterocycles. The second kappa shape index (κ2) is 12.3. The highest BCUT2D eigenvalue weighted by atomic mass is 35.5. The van der Waals surface area contributed by atoms with Crippen molar-refractivity contribution in [2.45, 2.75) is 34.7 Å². The molecule has 2 N–H and O–H groups in total. The van der Waals surface area contributed by atoms with Crippen LogP contribution < -0.4 is 0 Å². The number of rotatable bonds is 9. The van der Waals surface area contributed by atoms with Crippen LogP contribution in [0.25, 0.3) is 11.3 Å². The van der Waals surface area contributed by atoms with Gasteiger partial charge in [0, 0.05) is 17.6 Å². The number of benzene rings is 2. The summed E-state index contributed by atoms with van der Waals surface area (Å²) in [6.45, 7) is -0.146. The Kier molecular flexibility index (Phi) is 9.35. The van der Waals surface area contributed by atoms with Crippen LogP contribution in [0, 0.1) is 17.5 Å². The van der Waals surface area contributed by atoms with Crippen molar-refractivity contribution in [3.63, 3.8) is 0 Å². The van der Waals surface area contributed by atoms with Crippen molar-refractivity contribution in [1.82, 2.24) is 15.0 Å². The van der Waals surface area contributed by atoms with Crippen LogP contribution in [0.4, 0.5) is 13.2 Å². The Morgan fingerprint density at radius 2 is 1.84 bits per heavy atom. The Morgan fingerprint density at radius 3 is 2.49 bits per heavy atom. The maximum Gasteiger partial charge on any atom is 0.194 e. The summed E-state index contributed by atoms with van der Waals surface area (Å²) in [5.74, 6) is -4.36. The Balaban J connectivity index is 1.70. The summed E-state index contributed by atoms with van der Waals surface area (Å²) in [5.41, 5.74) is -0.795. The molecular formula is C23H22Cl2F3N3O5S. The minimum absolute atomic E-state index is 0.0290. The predicted molar refractivity (Wildman–Crippen MR) is 130 cm³/mol. The molecule has 0 saturated carbocycles. The molecule has 3 aromatic rings. The lowest BCUT2D eigenvalue weighted by atomic mass is 9.97. The molecule has 1 saturated heterocycles. The average Bonchev–Trinajstić information content (AvgIpc) is 3.36. The van der Waals surface area contributed by atoms with E-state index in [0.29, 0.717) is 14.9 Å². The summed E-state index contributed by atoms with van der Waals surface area (Å²) >= 11 is 13.4. The molecular weight excluding hydrogens is 558 g/mol. The van der Waals surface area contributed by atoms with E-state index in [-0.39, 0.29) is 24.5 Å². The van der Waals surface area contributed by atoms with Crippen LogP contribution in [0.2, 0.25) is 10.0 Å². The van der Waals surface area contributed by atoms with Gasteiger partial charge in [0.15, 0.2) is 17.5 Å². The third-order valence-electron chi connectivity index (χ3n) is 5.66. The number of hydrogen-bond acceptors (Lipinski definition) is 8. The lowest BCUT2D eigenvalue weighted by Gasteiger charge is -2.43. The number of ether oxygens (including phenoxy) is 3. The molecule has 0 bridgehead atoms. The van der Waals surface area contributed by atoms with Gasteiger partial charge in [-0.3, -0.25) is 0 Å². The normalized spacial score (nSPS) is 23.9. The predicted octanol–water partition coefficient (Wildman–Crippen LogP) is 4.11. The first-order valence-corrected chi connectivity index (χ1v) is 12.6. The molecule has 0 radical (unpaired) electrons. The van der Waals surface area contributed by atoms with Gasteiger partial charge in [-0.2, -0.15) is 0 Å². The number of aliphatic hydroxyl groups excluding tert-OH is 2. The van der Waals surface area contributed by atoms with Gasteiger partial charge in [-0.1, -0.05) is 40.2 Å². The summed E-state index contributed by atoms with van der Waals surface area (Å²) in [6, 6.07) is 5.63. The van der Waals surface area contributed by atoms with E-state index < -0.39 is 53.8 Å². The number of nitrogens with zero attached hydrogens (tertiary/aromatic N) is 3. The van der Waals surface area contributed by atoms with Gasteiger partial charge in [-0.15, -0.1) is 5.10 Å². The third-order valence-corrected chi connectivity index (χ3v) is 7.54. The minimum atomic E-state index is -1.60. The Morgan fingerprint density at radius 1 is 1.11 bits per heavy atom. The SMILES string of the molecule is COCCO[C@@H]1[C@@H](n2cc(-c3cc(F)c(F)c(F)c3)nn2)[C@@H](O)[C@@H](CO)O[C@@H]1Sc1ccc(Cl)c(Cl)c1. The molecule has 2 aromatic carbocycles. The van der Waals surface area contributed by atoms with Crippen LogP contribution in [-0.2, 0) is 14.2 Å². The lowest BCUT2D eigenvalue weighted by molar-refractivity contribution is -0.195. The Bertz CT molecular complexity index is 1220. The second-order valence-corrected chi connectivity index (χ2v) is 10.1. The van der Waals surface area contributed by atoms with Crippen LogP contribution in [0.15, 0.2) is 41.4 Å². The molecule has 200 valence electrons. The fourth-order valence-corrected chi connectivity index (χ4v) is 5.38. The molecule has 1 fully saturated rings. The Labute approximate surface area is 224 Å². The maximum atomic E-state index is 13.8. The fraction of sp³-hybridized carbons (Fsp3) is 0.391. The quantitative estimate of drug-likeness (QED) is 0.288. The molecule has 14 heteroatoms. The minimum Gasteiger partial charge on any atom is -0.394 e. The number of aliphatic hydroxyl groups is 2. The van der Waals surface area contributed by atoms with Crippen LogP contribution in [0.3, 0.4) is 0 Å². The molecule has 0 unspecified atom stereocenters. The van der Waals surface area contributed by atoms with Crippen molar-refractivity contribution in [3.05, 3.63) is 64.0 Å². The van der Waals surface area contributed by atoms with E-state index in [1.165, 1.54) is 29.8 Å². The standard InChI is InChI=1S/C23H22Cl2F3N3O5S/c1-34-4-5-35-22-20(31-9-17(29-30-31)11-6-15(26)19(28)16(27)7-11)21(33)18(10-32)36-23(22)37-12-2-3-13(24)14(25)8-12/h2-3,6-9,18,20-23,32-33H,4-5,10H2,1H3/t18-,20+,21+,22-,23-/m1/s1. The van der Waals surface area contributed by atoms with Gasteiger partial charge < -0.3 is 24.4 Å². The first-order valence-electron chi connectivity index (χ1n) is 11.0. The van der Waals surface area contributed by atoms with Gasteiger partial charge in [0.2, 0.25) is 0 Å². The fourth-order valence-electron chi connectivity index (χ4n) is 3.85. The topological polar surface area (TPSA) is 98.9 Å². The van der Waals surface area contributed by atoms with E-state index >= 15 is 0 Å². The highest BCUT2D eigenvalue weighted by Crippen LogP contribution is 2.41. The van der Waals surface area contributed by atoms with Crippen LogP contribution in [-0.4, -0.2) is 75.9 Å². The zero-order valence-corrected chi connectivity index (χ0v) is 21.6. The van der Waals surface area contributed by atoms with E-state index in [9.17, 15) is 23.4 Å². The van der Waals surface area contributed by atoms with E-state index in [1.807, 2.05) is 0 Å². The summed E-state index contributed by atoms with van der Waals surface area (Å²) in [5, 5.41) is 29.7. The molecule has 8 nitrogen and oxygen atoms in total. The van der Waals surface area contributed by atoms with Gasteiger partial charge in [0.05, 0.1) is 36.1 Å². The molecule has 4 rings (SSSR count). The number of methoxy groups -OCH3 is 1. The summed E-state index contributed by atoms with van der Waals surface area (Å²) < 4.78 is 59.3. The number of halogens is 5. The summed E-state index contributed by atoms with van der Waals surface area (Å²) in [6.07, 6.45) is -1.85. The van der Waals surface area contributed by atoms with E-state index in [4.69, 9.17) is 37.4 Å². The highest BCUT2D eigenvalue weighted by Gasteiger charge is 2.48. The van der Waals surface area contributed by atoms with Gasteiger partial charge >= 0.3 is 0 Å². The Hall–Kier alpha value is -1.90. The molecule has 1 aliphatic rings. The first-order chi connectivity index (χ1) is 17.7. The average molecular weight is 580 g/mol. The van der Waals surface area contributed by atoms with Crippen molar-refractivity contribution in [2.24, 2.45) is 0 Å². The first kappa shape index (κ1) is 28.1. The van der Waals surface area contributed by atoms with Gasteiger partial charge in [0.25, 0.3) is 0 Å². The van der Waals surface area contributed by atoms with Crippen LogP contribution in [0.1, 0.15) is 6.04 Å². The van der Waals surface area contributed by atoms with Crippen molar-refractivity contribution >= 4 is 35.0 Å². The highest BCUT2D eigenvalue weighted by molar-refractivity contribution is 7.99. The van der Waals surface area contributed by atoms with E-state index in [0.717, 1.165) is 12.1 Å². The molecule has 1 aliphatic heterocycles. The van der Waals surface area contributed by atoms with E-state index in [1.54, 1.807) is 18.2 Å². The largest absolute Gasteiger partial charge is 0.394 e. The molecule has 5 atom stereocenters.